The summed E-state index contributed by atoms with van der Waals surface area (Å²) in [4.78, 5) is 8.38. The molecule has 1 aliphatic carbocycles. The minimum Gasteiger partial charge on any atom is -0.381 e. The van der Waals surface area contributed by atoms with E-state index in [1.807, 2.05) is 12.1 Å². The maximum absolute atomic E-state index is 15.4. The average Bonchev–Trinajstić information content (AvgIpc) is 2.84. The Morgan fingerprint density at radius 1 is 0.939 bits per heavy atom. The zero-order chi connectivity index (χ0) is 22.7. The lowest BCUT2D eigenvalue weighted by atomic mass is 9.81. The van der Waals surface area contributed by atoms with E-state index in [9.17, 15) is 4.39 Å². The van der Waals surface area contributed by atoms with Crippen molar-refractivity contribution in [2.45, 2.75) is 63.1 Å². The van der Waals surface area contributed by atoms with Gasteiger partial charge in [0, 0.05) is 25.7 Å². The SMILES string of the molecule is FC1=C(NC2CCCCC2)C2(CCN(Cc3ccccc3)CC2)N(c2cccc(F)c2)OC1. The molecular formula is C27H33F2N3O. The van der Waals surface area contributed by atoms with Gasteiger partial charge in [-0.3, -0.25) is 9.74 Å². The van der Waals surface area contributed by atoms with Gasteiger partial charge in [-0.15, -0.1) is 0 Å². The molecule has 1 saturated carbocycles. The number of rotatable bonds is 5. The maximum atomic E-state index is 15.4. The molecule has 2 fully saturated rings. The molecule has 5 rings (SSSR count). The average molecular weight is 454 g/mol. The lowest BCUT2D eigenvalue weighted by Gasteiger charge is -2.52. The highest BCUT2D eigenvalue weighted by Crippen LogP contribution is 2.43. The van der Waals surface area contributed by atoms with Gasteiger partial charge < -0.3 is 5.32 Å². The second-order valence-corrected chi connectivity index (χ2v) is 9.60. The number of hydroxylamine groups is 1. The van der Waals surface area contributed by atoms with Gasteiger partial charge in [0.25, 0.3) is 0 Å². The van der Waals surface area contributed by atoms with E-state index in [1.54, 1.807) is 11.1 Å². The summed E-state index contributed by atoms with van der Waals surface area (Å²) in [5.41, 5.74) is 1.91. The van der Waals surface area contributed by atoms with Crippen LogP contribution in [-0.2, 0) is 11.4 Å². The highest BCUT2D eigenvalue weighted by molar-refractivity contribution is 5.51. The Bertz CT molecular complexity index is 966. The lowest BCUT2D eigenvalue weighted by Crippen LogP contribution is -2.62. The Balaban J connectivity index is 1.43. The van der Waals surface area contributed by atoms with Crippen LogP contribution in [0.5, 0.6) is 0 Å². The van der Waals surface area contributed by atoms with Crippen LogP contribution < -0.4 is 10.4 Å². The third-order valence-electron chi connectivity index (χ3n) is 7.37. The van der Waals surface area contributed by atoms with Gasteiger partial charge in [-0.05, 0) is 49.4 Å². The van der Waals surface area contributed by atoms with Crippen LogP contribution in [0.25, 0.3) is 0 Å². The Morgan fingerprint density at radius 3 is 2.42 bits per heavy atom. The van der Waals surface area contributed by atoms with Crippen molar-refractivity contribution in [2.75, 3.05) is 24.8 Å². The molecule has 0 unspecified atom stereocenters. The van der Waals surface area contributed by atoms with Crippen LogP contribution in [0.1, 0.15) is 50.5 Å². The largest absolute Gasteiger partial charge is 0.381 e. The number of anilines is 1. The predicted octanol–water partition coefficient (Wildman–Crippen LogP) is 5.72. The smallest absolute Gasteiger partial charge is 0.150 e. The molecule has 2 aromatic carbocycles. The molecule has 6 heteroatoms. The minimum absolute atomic E-state index is 0.124. The second kappa shape index (κ2) is 9.82. The standard InChI is InChI=1S/C27H33F2N3O/c28-22-10-7-13-24(18-22)32-27(14-16-31(17-15-27)19-21-8-3-1-4-9-21)26(25(29)20-33-32)30-23-11-5-2-6-12-23/h1,3-4,7-10,13,18,23,30H,2,5-6,11-12,14-17,19-20H2. The summed E-state index contributed by atoms with van der Waals surface area (Å²) in [6.45, 7) is 2.37. The summed E-state index contributed by atoms with van der Waals surface area (Å²) >= 11 is 0. The van der Waals surface area contributed by atoms with Crippen molar-refractivity contribution in [2.24, 2.45) is 0 Å². The molecule has 1 saturated heterocycles. The predicted molar refractivity (Wildman–Crippen MR) is 127 cm³/mol. The number of hydrogen-bond acceptors (Lipinski definition) is 4. The summed E-state index contributed by atoms with van der Waals surface area (Å²) in [6.07, 6.45) is 7.14. The van der Waals surface area contributed by atoms with Gasteiger partial charge in [-0.1, -0.05) is 55.7 Å². The molecule has 4 nitrogen and oxygen atoms in total. The fraction of sp³-hybridized carbons (Fsp3) is 0.481. The number of hydrogen-bond donors (Lipinski definition) is 1. The van der Waals surface area contributed by atoms with Gasteiger partial charge in [0.15, 0.2) is 0 Å². The molecule has 0 amide bonds. The molecule has 3 aliphatic rings. The molecule has 1 N–H and O–H groups in total. The first kappa shape index (κ1) is 22.4. The molecule has 2 aromatic rings. The Morgan fingerprint density at radius 2 is 1.70 bits per heavy atom. The topological polar surface area (TPSA) is 27.7 Å². The van der Waals surface area contributed by atoms with E-state index < -0.39 is 5.54 Å². The molecule has 0 radical (unpaired) electrons. The fourth-order valence-electron chi connectivity index (χ4n) is 5.63. The van der Waals surface area contributed by atoms with Gasteiger partial charge in [0.2, 0.25) is 0 Å². The number of halogens is 2. The molecule has 176 valence electrons. The zero-order valence-electron chi connectivity index (χ0n) is 19.1. The first-order chi connectivity index (χ1) is 16.1. The Kier molecular flexibility index (Phi) is 6.65. The van der Waals surface area contributed by atoms with E-state index in [-0.39, 0.29) is 24.3 Å². The van der Waals surface area contributed by atoms with E-state index in [1.165, 1.54) is 37.0 Å². The van der Waals surface area contributed by atoms with Crippen LogP contribution in [0, 0.1) is 5.82 Å². The molecule has 0 bridgehead atoms. The van der Waals surface area contributed by atoms with Gasteiger partial charge in [0.05, 0.1) is 11.4 Å². The van der Waals surface area contributed by atoms with Crippen LogP contribution in [-0.4, -0.2) is 36.2 Å². The van der Waals surface area contributed by atoms with Crippen molar-refractivity contribution in [3.63, 3.8) is 0 Å². The van der Waals surface area contributed by atoms with Crippen LogP contribution in [0.3, 0.4) is 0 Å². The molecule has 0 aromatic heterocycles. The van der Waals surface area contributed by atoms with Crippen LogP contribution in [0.4, 0.5) is 14.5 Å². The van der Waals surface area contributed by atoms with Gasteiger partial charge in [-0.2, -0.15) is 0 Å². The summed E-state index contributed by atoms with van der Waals surface area (Å²) in [5, 5.41) is 5.41. The monoisotopic (exact) mass is 453 g/mol. The van der Waals surface area contributed by atoms with Crippen molar-refractivity contribution in [1.29, 1.82) is 0 Å². The molecule has 1 spiro atoms. The van der Waals surface area contributed by atoms with E-state index in [0.29, 0.717) is 24.2 Å². The third kappa shape index (κ3) is 4.78. The van der Waals surface area contributed by atoms with Crippen molar-refractivity contribution in [3.05, 3.63) is 77.5 Å². The third-order valence-corrected chi connectivity index (χ3v) is 7.37. The molecule has 2 aliphatic heterocycles. The first-order valence-electron chi connectivity index (χ1n) is 12.2. The number of nitrogens with one attached hydrogen (secondary N) is 1. The summed E-state index contributed by atoms with van der Waals surface area (Å²) in [5.74, 6) is -0.533. The van der Waals surface area contributed by atoms with Crippen molar-refractivity contribution >= 4 is 5.69 Å². The molecule has 0 atom stereocenters. The quantitative estimate of drug-likeness (QED) is 0.627. The number of piperidine rings is 1. The van der Waals surface area contributed by atoms with Gasteiger partial charge in [0.1, 0.15) is 23.8 Å². The van der Waals surface area contributed by atoms with Crippen molar-refractivity contribution in [3.8, 4) is 0 Å². The van der Waals surface area contributed by atoms with E-state index in [4.69, 9.17) is 4.84 Å². The minimum atomic E-state index is -0.666. The van der Waals surface area contributed by atoms with Crippen LogP contribution in [0.2, 0.25) is 0 Å². The number of benzene rings is 2. The van der Waals surface area contributed by atoms with E-state index >= 15 is 4.39 Å². The number of nitrogens with zero attached hydrogens (tertiary/aromatic N) is 2. The second-order valence-electron chi connectivity index (χ2n) is 9.60. The maximum Gasteiger partial charge on any atom is 0.150 e. The van der Waals surface area contributed by atoms with E-state index in [0.717, 1.165) is 32.5 Å². The zero-order valence-corrected chi connectivity index (χ0v) is 19.1. The number of likely N-dealkylation sites (tertiary alicyclic amines) is 1. The summed E-state index contributed by atoms with van der Waals surface area (Å²) in [7, 11) is 0. The highest BCUT2D eigenvalue weighted by atomic mass is 19.1. The molecule has 33 heavy (non-hydrogen) atoms. The normalized spacial score (nSPS) is 22.1. The lowest BCUT2D eigenvalue weighted by molar-refractivity contribution is 0.0124. The van der Waals surface area contributed by atoms with Gasteiger partial charge in [-0.25, -0.2) is 13.8 Å². The van der Waals surface area contributed by atoms with Crippen LogP contribution in [0.15, 0.2) is 66.1 Å². The summed E-state index contributed by atoms with van der Waals surface area (Å²) in [6, 6.07) is 17.2. The Hall–Kier alpha value is -2.44. The van der Waals surface area contributed by atoms with Crippen molar-refractivity contribution in [1.82, 2.24) is 10.2 Å². The summed E-state index contributed by atoms with van der Waals surface area (Å²) < 4.78 is 29.6. The van der Waals surface area contributed by atoms with Crippen LogP contribution >= 0.6 is 0 Å². The first-order valence-corrected chi connectivity index (χ1v) is 12.2. The molecule has 2 heterocycles. The van der Waals surface area contributed by atoms with Gasteiger partial charge >= 0.3 is 0 Å². The van der Waals surface area contributed by atoms with E-state index in [2.05, 4.69) is 34.5 Å². The Labute approximate surface area is 195 Å². The highest BCUT2D eigenvalue weighted by Gasteiger charge is 2.49. The van der Waals surface area contributed by atoms with Crippen molar-refractivity contribution < 1.29 is 13.6 Å². The molecular weight excluding hydrogens is 420 g/mol. The fourth-order valence-corrected chi connectivity index (χ4v) is 5.63.